The lowest BCUT2D eigenvalue weighted by Gasteiger charge is -2.31. The predicted molar refractivity (Wildman–Crippen MR) is 97.4 cm³/mol. The van der Waals surface area contributed by atoms with E-state index >= 15 is 0 Å². The van der Waals surface area contributed by atoms with Gasteiger partial charge in [0.1, 0.15) is 15.9 Å². The van der Waals surface area contributed by atoms with Crippen molar-refractivity contribution in [2.24, 2.45) is 0 Å². The van der Waals surface area contributed by atoms with Gasteiger partial charge in [0.25, 0.3) is 0 Å². The van der Waals surface area contributed by atoms with E-state index in [0.29, 0.717) is 16.9 Å². The Morgan fingerprint density at radius 1 is 0.923 bits per heavy atom. The number of hydrogen-bond acceptors (Lipinski definition) is 5. The van der Waals surface area contributed by atoms with Gasteiger partial charge in [-0.25, -0.2) is 8.42 Å². The average molecular weight is 379 g/mol. The fourth-order valence-corrected chi connectivity index (χ4v) is 5.62. The summed E-state index contributed by atoms with van der Waals surface area (Å²) in [6.45, 7) is 1.33. The summed E-state index contributed by atoms with van der Waals surface area (Å²) in [4.78, 5) is 11.4. The van der Waals surface area contributed by atoms with E-state index in [0.717, 1.165) is 64.2 Å². The number of esters is 1. The second-order valence-electron chi connectivity index (χ2n) is 7.65. The highest BCUT2D eigenvalue weighted by atomic mass is 32.2. The van der Waals surface area contributed by atoms with E-state index in [-0.39, 0.29) is 16.7 Å². The zero-order chi connectivity index (χ0) is 18.7. The van der Waals surface area contributed by atoms with Crippen LogP contribution >= 0.6 is 0 Å². The monoisotopic (exact) mass is 379 g/mol. The van der Waals surface area contributed by atoms with Crippen LogP contribution in [0.1, 0.15) is 94.1 Å². The Morgan fingerprint density at radius 3 is 1.69 bits per heavy atom. The minimum Gasteiger partial charge on any atom is -0.744 e. The first-order chi connectivity index (χ1) is 12.4. The van der Waals surface area contributed by atoms with Crippen molar-refractivity contribution < 1.29 is 22.5 Å². The normalized spacial score (nSPS) is 20.1. The lowest BCUT2D eigenvalue weighted by Crippen LogP contribution is -2.17. The van der Waals surface area contributed by atoms with Crippen LogP contribution in [0.5, 0.6) is 5.75 Å². The van der Waals surface area contributed by atoms with Crippen molar-refractivity contribution >= 4 is 16.1 Å². The molecule has 1 aromatic rings. The molecule has 0 unspecified atom stereocenters. The Bertz CT molecular complexity index is 717. The molecular weight excluding hydrogens is 352 g/mol. The van der Waals surface area contributed by atoms with Crippen LogP contribution in [-0.2, 0) is 14.9 Å². The third kappa shape index (κ3) is 4.46. The molecule has 0 radical (unpaired) electrons. The predicted octanol–water partition coefficient (Wildman–Crippen LogP) is 4.61. The van der Waals surface area contributed by atoms with Gasteiger partial charge in [-0.1, -0.05) is 38.5 Å². The Labute approximate surface area is 155 Å². The van der Waals surface area contributed by atoms with Gasteiger partial charge in [0.05, 0.1) is 4.90 Å². The zero-order valence-electron chi connectivity index (χ0n) is 15.3. The van der Waals surface area contributed by atoms with Crippen LogP contribution in [0.2, 0.25) is 0 Å². The first-order valence-electron chi connectivity index (χ1n) is 9.68. The van der Waals surface area contributed by atoms with E-state index in [1.807, 2.05) is 0 Å². The van der Waals surface area contributed by atoms with Crippen molar-refractivity contribution in [2.75, 3.05) is 0 Å². The van der Waals surface area contributed by atoms with Crippen molar-refractivity contribution in [3.05, 3.63) is 23.3 Å². The van der Waals surface area contributed by atoms with Gasteiger partial charge in [0, 0.05) is 6.92 Å². The van der Waals surface area contributed by atoms with Gasteiger partial charge >= 0.3 is 5.97 Å². The molecule has 0 spiro atoms. The van der Waals surface area contributed by atoms with E-state index in [9.17, 15) is 17.8 Å². The molecule has 0 amide bonds. The first kappa shape index (κ1) is 19.4. The van der Waals surface area contributed by atoms with Gasteiger partial charge in [-0.05, 0) is 60.8 Å². The van der Waals surface area contributed by atoms with E-state index < -0.39 is 16.1 Å². The summed E-state index contributed by atoms with van der Waals surface area (Å²) in [6, 6.07) is 3.24. The van der Waals surface area contributed by atoms with Gasteiger partial charge < -0.3 is 9.29 Å². The number of ether oxygens (including phenoxy) is 1. The molecule has 3 rings (SSSR count). The summed E-state index contributed by atoms with van der Waals surface area (Å²) < 4.78 is 42.0. The molecule has 26 heavy (non-hydrogen) atoms. The Morgan fingerprint density at radius 2 is 1.35 bits per heavy atom. The van der Waals surface area contributed by atoms with Crippen LogP contribution in [0.4, 0.5) is 0 Å². The molecule has 0 aliphatic heterocycles. The van der Waals surface area contributed by atoms with Crippen LogP contribution in [0.25, 0.3) is 0 Å². The highest BCUT2D eigenvalue weighted by molar-refractivity contribution is 7.85. The zero-order valence-corrected chi connectivity index (χ0v) is 16.1. The third-order valence-electron chi connectivity index (χ3n) is 5.72. The second kappa shape index (κ2) is 8.09. The molecule has 2 fully saturated rings. The van der Waals surface area contributed by atoms with E-state index in [2.05, 4.69) is 0 Å². The van der Waals surface area contributed by atoms with Gasteiger partial charge in [-0.3, -0.25) is 4.79 Å². The summed E-state index contributed by atoms with van der Waals surface area (Å²) >= 11 is 0. The van der Waals surface area contributed by atoms with E-state index in [1.165, 1.54) is 6.92 Å². The third-order valence-corrected chi connectivity index (χ3v) is 6.69. The van der Waals surface area contributed by atoms with Crippen LogP contribution < -0.4 is 4.74 Å². The summed E-state index contributed by atoms with van der Waals surface area (Å²) in [7, 11) is -4.60. The molecule has 2 aliphatic carbocycles. The molecule has 0 bridgehead atoms. The Balaban J connectivity index is 2.16. The maximum Gasteiger partial charge on any atom is 0.308 e. The van der Waals surface area contributed by atoms with E-state index in [1.54, 1.807) is 12.1 Å². The molecular formula is C20H27O5S-. The van der Waals surface area contributed by atoms with Crippen molar-refractivity contribution in [1.82, 2.24) is 0 Å². The minimum atomic E-state index is -4.60. The Kier molecular flexibility index (Phi) is 6.03. The van der Waals surface area contributed by atoms with Crippen molar-refractivity contribution in [1.29, 1.82) is 0 Å². The summed E-state index contributed by atoms with van der Waals surface area (Å²) in [6.07, 6.45) is 9.86. The molecule has 2 saturated carbocycles. The molecule has 0 heterocycles. The maximum absolute atomic E-state index is 12.2. The lowest BCUT2D eigenvalue weighted by atomic mass is 9.79. The minimum absolute atomic E-state index is 0.0350. The molecule has 0 N–H and O–H groups in total. The van der Waals surface area contributed by atoms with Crippen molar-refractivity contribution in [3.8, 4) is 5.75 Å². The number of carbonyl (C=O) groups excluding carboxylic acids is 1. The Hall–Kier alpha value is -1.40. The molecule has 5 nitrogen and oxygen atoms in total. The standard InChI is InChI=1S/C20H28O5S/c1-14(21)25-17-12-18(15-8-4-2-5-9-15)20(26(22,23)24)19(13-17)16-10-6-3-7-11-16/h12-13,15-16H,2-11H2,1H3,(H,22,23,24)/p-1. The van der Waals surface area contributed by atoms with Crippen LogP contribution in [0.15, 0.2) is 17.0 Å². The van der Waals surface area contributed by atoms with Crippen LogP contribution in [-0.4, -0.2) is 18.9 Å². The highest BCUT2D eigenvalue weighted by Gasteiger charge is 2.29. The summed E-state index contributed by atoms with van der Waals surface area (Å²) in [5.41, 5.74) is 1.14. The molecule has 0 saturated heterocycles. The fourth-order valence-electron chi connectivity index (χ4n) is 4.59. The number of carbonyl (C=O) groups is 1. The number of hydrogen-bond donors (Lipinski definition) is 0. The second-order valence-corrected chi connectivity index (χ2v) is 8.96. The maximum atomic E-state index is 12.2. The molecule has 1 aromatic carbocycles. The lowest BCUT2D eigenvalue weighted by molar-refractivity contribution is -0.131. The van der Waals surface area contributed by atoms with Crippen molar-refractivity contribution in [3.63, 3.8) is 0 Å². The number of rotatable bonds is 4. The first-order valence-corrected chi connectivity index (χ1v) is 11.1. The molecule has 0 atom stereocenters. The average Bonchev–Trinajstić information content (AvgIpc) is 2.61. The quantitative estimate of drug-likeness (QED) is 0.433. The van der Waals surface area contributed by atoms with Crippen LogP contribution in [0.3, 0.4) is 0 Å². The van der Waals surface area contributed by atoms with Gasteiger partial charge in [-0.2, -0.15) is 0 Å². The molecule has 2 aliphatic rings. The largest absolute Gasteiger partial charge is 0.744 e. The summed E-state index contributed by atoms with van der Waals surface area (Å²) in [5, 5.41) is 0. The molecule has 0 aromatic heterocycles. The van der Waals surface area contributed by atoms with Crippen LogP contribution in [0, 0.1) is 0 Å². The van der Waals surface area contributed by atoms with Gasteiger partial charge in [0.2, 0.25) is 0 Å². The van der Waals surface area contributed by atoms with Gasteiger partial charge in [0.15, 0.2) is 0 Å². The topological polar surface area (TPSA) is 83.5 Å². The van der Waals surface area contributed by atoms with Gasteiger partial charge in [-0.15, -0.1) is 0 Å². The fraction of sp³-hybridized carbons (Fsp3) is 0.650. The van der Waals surface area contributed by atoms with E-state index in [4.69, 9.17) is 4.74 Å². The smallest absolute Gasteiger partial charge is 0.308 e. The highest BCUT2D eigenvalue weighted by Crippen LogP contribution is 2.44. The van der Waals surface area contributed by atoms with Crippen molar-refractivity contribution in [2.45, 2.75) is 87.9 Å². The SMILES string of the molecule is CC(=O)Oc1cc(C2CCCCC2)c(S(=O)(=O)[O-])c(C2CCCCC2)c1. The molecule has 6 heteroatoms. The number of benzene rings is 1. The summed E-state index contributed by atoms with van der Waals surface area (Å²) in [5.74, 6) is 0.0126. The molecule has 144 valence electrons.